The number of hydrogen-bond donors (Lipinski definition) is 2. The summed E-state index contributed by atoms with van der Waals surface area (Å²) < 4.78 is 5.38. The number of amides is 1. The van der Waals surface area contributed by atoms with Crippen molar-refractivity contribution < 1.29 is 14.5 Å². The molecule has 0 atom stereocenters. The highest BCUT2D eigenvalue weighted by molar-refractivity contribution is 5.72. The van der Waals surface area contributed by atoms with Crippen LogP contribution < -0.4 is 15.4 Å². The van der Waals surface area contributed by atoms with Gasteiger partial charge in [-0.3, -0.25) is 14.9 Å². The van der Waals surface area contributed by atoms with Crippen molar-refractivity contribution in [3.05, 3.63) is 28.3 Å². The summed E-state index contributed by atoms with van der Waals surface area (Å²) in [5, 5.41) is 16.6. The molecule has 0 aliphatic carbocycles. The molecule has 0 unspecified atom stereocenters. The number of nitro groups is 1. The largest absolute Gasteiger partial charge is 0.487 e. The zero-order chi connectivity index (χ0) is 15.0. The van der Waals surface area contributed by atoms with E-state index in [1.807, 2.05) is 6.92 Å². The summed E-state index contributed by atoms with van der Waals surface area (Å²) in [5.41, 5.74) is 0.665. The van der Waals surface area contributed by atoms with E-state index >= 15 is 0 Å². The lowest BCUT2D eigenvalue weighted by Gasteiger charge is -2.10. The second-order valence-corrected chi connectivity index (χ2v) is 4.20. The molecule has 2 N–H and O–H groups in total. The van der Waals surface area contributed by atoms with Crippen LogP contribution in [0.15, 0.2) is 18.2 Å². The average molecular weight is 281 g/mol. The first-order valence-corrected chi connectivity index (χ1v) is 6.44. The number of rotatable bonds is 8. The van der Waals surface area contributed by atoms with Gasteiger partial charge in [0.15, 0.2) is 5.75 Å². The van der Waals surface area contributed by atoms with Crippen molar-refractivity contribution in [1.29, 1.82) is 0 Å². The predicted molar refractivity (Wildman–Crippen MR) is 76.1 cm³/mol. The Hall–Kier alpha value is -2.31. The normalized spacial score (nSPS) is 9.90. The number of benzene rings is 1. The van der Waals surface area contributed by atoms with Gasteiger partial charge >= 0.3 is 5.69 Å². The van der Waals surface area contributed by atoms with E-state index in [-0.39, 0.29) is 17.3 Å². The zero-order valence-corrected chi connectivity index (χ0v) is 11.6. The van der Waals surface area contributed by atoms with Gasteiger partial charge in [0.1, 0.15) is 0 Å². The molecule has 20 heavy (non-hydrogen) atoms. The van der Waals surface area contributed by atoms with Crippen LogP contribution in [0.3, 0.4) is 0 Å². The number of nitrogens with one attached hydrogen (secondary N) is 2. The summed E-state index contributed by atoms with van der Waals surface area (Å²) in [4.78, 5) is 21.1. The maximum absolute atomic E-state index is 10.9. The zero-order valence-electron chi connectivity index (χ0n) is 11.6. The second kappa shape index (κ2) is 7.98. The Morgan fingerprint density at radius 3 is 2.75 bits per heavy atom. The Morgan fingerprint density at radius 2 is 2.15 bits per heavy atom. The van der Waals surface area contributed by atoms with Gasteiger partial charge in [-0.2, -0.15) is 0 Å². The number of nitrogens with zero attached hydrogens (tertiary/aromatic N) is 1. The first-order valence-electron chi connectivity index (χ1n) is 6.44. The lowest BCUT2D eigenvalue weighted by molar-refractivity contribution is -0.385. The van der Waals surface area contributed by atoms with E-state index in [4.69, 9.17) is 4.74 Å². The molecule has 0 saturated heterocycles. The van der Waals surface area contributed by atoms with Crippen molar-refractivity contribution in [2.75, 3.05) is 25.0 Å². The van der Waals surface area contributed by atoms with Gasteiger partial charge in [0.25, 0.3) is 0 Å². The fourth-order valence-electron chi connectivity index (χ4n) is 1.55. The average Bonchev–Trinajstić information content (AvgIpc) is 2.41. The lowest BCUT2D eigenvalue weighted by atomic mass is 10.2. The van der Waals surface area contributed by atoms with E-state index in [1.54, 1.807) is 12.1 Å². The summed E-state index contributed by atoms with van der Waals surface area (Å²) in [6, 6.07) is 4.62. The van der Waals surface area contributed by atoms with Crippen molar-refractivity contribution >= 4 is 17.3 Å². The number of carbonyl (C=O) groups is 1. The maximum Gasteiger partial charge on any atom is 0.311 e. The monoisotopic (exact) mass is 281 g/mol. The number of nitro benzene ring substituents is 1. The molecule has 7 nitrogen and oxygen atoms in total. The Bertz CT molecular complexity index is 477. The molecule has 1 aromatic rings. The van der Waals surface area contributed by atoms with Crippen LogP contribution in [-0.2, 0) is 4.79 Å². The molecule has 0 saturated carbocycles. The van der Waals surface area contributed by atoms with Gasteiger partial charge in [-0.25, -0.2) is 0 Å². The van der Waals surface area contributed by atoms with Crippen LogP contribution in [0, 0.1) is 10.1 Å². The van der Waals surface area contributed by atoms with E-state index in [1.165, 1.54) is 13.0 Å². The molecule has 0 bridgehead atoms. The molecule has 0 aromatic heterocycles. The van der Waals surface area contributed by atoms with Crippen LogP contribution >= 0.6 is 0 Å². The summed E-state index contributed by atoms with van der Waals surface area (Å²) >= 11 is 0. The first-order chi connectivity index (χ1) is 9.54. The van der Waals surface area contributed by atoms with Gasteiger partial charge in [0, 0.05) is 37.8 Å². The summed E-state index contributed by atoms with van der Waals surface area (Å²) in [5.74, 6) is 0.156. The summed E-state index contributed by atoms with van der Waals surface area (Å²) in [6.45, 7) is 4.82. The number of anilines is 1. The van der Waals surface area contributed by atoms with Crippen LogP contribution in [0.25, 0.3) is 0 Å². The molecule has 0 radical (unpaired) electrons. The van der Waals surface area contributed by atoms with Gasteiger partial charge in [-0.1, -0.05) is 6.92 Å². The van der Waals surface area contributed by atoms with E-state index in [2.05, 4.69) is 10.6 Å². The highest BCUT2D eigenvalue weighted by atomic mass is 16.6. The molecule has 1 rings (SSSR count). The highest BCUT2D eigenvalue weighted by Crippen LogP contribution is 2.30. The molecule has 0 aliphatic heterocycles. The molecular weight excluding hydrogens is 262 g/mol. The van der Waals surface area contributed by atoms with Crippen molar-refractivity contribution in [3.8, 4) is 5.75 Å². The second-order valence-electron chi connectivity index (χ2n) is 4.20. The van der Waals surface area contributed by atoms with E-state index in [0.29, 0.717) is 25.4 Å². The standard InChI is InChI=1S/C13H19N3O4/c1-3-8-20-13-9-11(4-5-12(13)16(18)19)15-7-6-14-10(2)17/h4-5,9,15H,3,6-8H2,1-2H3,(H,14,17). The third-order valence-electron chi connectivity index (χ3n) is 2.45. The van der Waals surface area contributed by atoms with Gasteiger partial charge in [0.2, 0.25) is 5.91 Å². The van der Waals surface area contributed by atoms with Gasteiger partial charge in [-0.15, -0.1) is 0 Å². The number of carbonyl (C=O) groups excluding carboxylic acids is 1. The van der Waals surface area contributed by atoms with Crippen molar-refractivity contribution in [2.24, 2.45) is 0 Å². The molecule has 110 valence electrons. The van der Waals surface area contributed by atoms with Crippen LogP contribution in [0.1, 0.15) is 20.3 Å². The quantitative estimate of drug-likeness (QED) is 0.431. The molecule has 7 heteroatoms. The molecule has 0 heterocycles. The van der Waals surface area contributed by atoms with Crippen LogP contribution in [0.5, 0.6) is 5.75 Å². The highest BCUT2D eigenvalue weighted by Gasteiger charge is 2.15. The molecular formula is C13H19N3O4. The fraction of sp³-hybridized carbons (Fsp3) is 0.462. The van der Waals surface area contributed by atoms with Crippen molar-refractivity contribution in [1.82, 2.24) is 5.32 Å². The minimum absolute atomic E-state index is 0.0501. The SMILES string of the molecule is CCCOc1cc(NCCNC(C)=O)ccc1[N+](=O)[O-]. The van der Waals surface area contributed by atoms with Gasteiger partial charge in [0.05, 0.1) is 11.5 Å². The van der Waals surface area contributed by atoms with E-state index in [0.717, 1.165) is 6.42 Å². The third kappa shape index (κ3) is 5.13. The minimum Gasteiger partial charge on any atom is -0.487 e. The third-order valence-corrected chi connectivity index (χ3v) is 2.45. The number of ether oxygens (including phenoxy) is 1. The predicted octanol–water partition coefficient (Wildman–Crippen LogP) is 1.93. The smallest absolute Gasteiger partial charge is 0.311 e. The Balaban J connectivity index is 2.68. The van der Waals surface area contributed by atoms with E-state index in [9.17, 15) is 14.9 Å². The summed E-state index contributed by atoms with van der Waals surface area (Å²) in [6.07, 6.45) is 0.775. The summed E-state index contributed by atoms with van der Waals surface area (Å²) in [7, 11) is 0. The van der Waals surface area contributed by atoms with Crippen LogP contribution in [0.2, 0.25) is 0 Å². The first kappa shape index (κ1) is 15.7. The Morgan fingerprint density at radius 1 is 1.40 bits per heavy atom. The Kier molecular flexibility index (Phi) is 6.28. The molecule has 0 fully saturated rings. The van der Waals surface area contributed by atoms with Crippen LogP contribution in [-0.4, -0.2) is 30.5 Å². The topological polar surface area (TPSA) is 93.5 Å². The van der Waals surface area contributed by atoms with Crippen LogP contribution in [0.4, 0.5) is 11.4 Å². The van der Waals surface area contributed by atoms with Gasteiger partial charge < -0.3 is 15.4 Å². The molecule has 1 aromatic carbocycles. The fourth-order valence-corrected chi connectivity index (χ4v) is 1.55. The minimum atomic E-state index is -0.466. The maximum atomic E-state index is 10.9. The Labute approximate surface area is 117 Å². The van der Waals surface area contributed by atoms with Crippen molar-refractivity contribution in [2.45, 2.75) is 20.3 Å². The number of hydrogen-bond acceptors (Lipinski definition) is 5. The molecule has 0 aliphatic rings. The van der Waals surface area contributed by atoms with E-state index < -0.39 is 4.92 Å². The molecule has 0 spiro atoms. The lowest BCUT2D eigenvalue weighted by Crippen LogP contribution is -2.26. The molecule has 1 amide bonds. The van der Waals surface area contributed by atoms with Crippen molar-refractivity contribution in [3.63, 3.8) is 0 Å². The van der Waals surface area contributed by atoms with Gasteiger partial charge in [-0.05, 0) is 12.5 Å².